The largest absolute Gasteiger partial charge is 0.460 e. The fraction of sp³-hybridized carbons (Fsp3) is 0.353. The normalized spacial score (nSPS) is 13.2. The minimum Gasteiger partial charge on any atom is -0.460 e. The molecular weight excluding hydrogens is 252 g/mol. The summed E-state index contributed by atoms with van der Waals surface area (Å²) in [4.78, 5) is 11.8. The van der Waals surface area contributed by atoms with E-state index in [9.17, 15) is 9.90 Å². The number of rotatable bonds is 3. The van der Waals surface area contributed by atoms with Gasteiger partial charge in [-0.15, -0.1) is 0 Å². The maximum atomic E-state index is 11.8. The lowest BCUT2D eigenvalue weighted by atomic mass is 9.99. The van der Waals surface area contributed by atoms with Crippen LogP contribution in [-0.4, -0.2) is 16.7 Å². The Morgan fingerprint density at radius 3 is 2.50 bits per heavy atom. The van der Waals surface area contributed by atoms with E-state index in [4.69, 9.17) is 4.74 Å². The maximum Gasteiger partial charge on any atom is 0.309 e. The summed E-state index contributed by atoms with van der Waals surface area (Å²) in [6.07, 6.45) is -0.887. The van der Waals surface area contributed by atoms with Crippen molar-refractivity contribution in [1.29, 1.82) is 0 Å². The van der Waals surface area contributed by atoms with Crippen LogP contribution in [-0.2, 0) is 9.53 Å². The van der Waals surface area contributed by atoms with Crippen molar-refractivity contribution in [3.8, 4) is 0 Å². The molecule has 0 saturated carbocycles. The van der Waals surface area contributed by atoms with Crippen molar-refractivity contribution in [2.24, 2.45) is 0 Å². The summed E-state index contributed by atoms with van der Waals surface area (Å²) < 4.78 is 5.24. The number of aliphatic hydroxyl groups is 1. The predicted molar refractivity (Wildman–Crippen MR) is 79.4 cm³/mol. The van der Waals surface area contributed by atoms with Crippen LogP contribution in [0.2, 0.25) is 0 Å². The minimum atomic E-state index is -0.851. The quantitative estimate of drug-likeness (QED) is 0.868. The van der Waals surface area contributed by atoms with Gasteiger partial charge in [0.15, 0.2) is 0 Å². The fourth-order valence-electron chi connectivity index (χ4n) is 2.19. The molecule has 20 heavy (non-hydrogen) atoms. The van der Waals surface area contributed by atoms with Gasteiger partial charge in [0, 0.05) is 0 Å². The van der Waals surface area contributed by atoms with Gasteiger partial charge in [-0.1, -0.05) is 42.5 Å². The zero-order chi connectivity index (χ0) is 14.8. The van der Waals surface area contributed by atoms with Crippen molar-refractivity contribution in [3.05, 3.63) is 48.0 Å². The van der Waals surface area contributed by atoms with Gasteiger partial charge in [0.1, 0.15) is 5.60 Å². The molecule has 3 nitrogen and oxygen atoms in total. The van der Waals surface area contributed by atoms with E-state index in [2.05, 4.69) is 0 Å². The van der Waals surface area contributed by atoms with Gasteiger partial charge in [0.05, 0.1) is 12.5 Å². The molecule has 0 unspecified atom stereocenters. The van der Waals surface area contributed by atoms with Crippen LogP contribution in [0.3, 0.4) is 0 Å². The molecule has 2 aromatic carbocycles. The number of hydrogen-bond acceptors (Lipinski definition) is 3. The summed E-state index contributed by atoms with van der Waals surface area (Å²) in [6, 6.07) is 13.5. The van der Waals surface area contributed by atoms with Crippen molar-refractivity contribution in [3.63, 3.8) is 0 Å². The summed E-state index contributed by atoms with van der Waals surface area (Å²) in [5, 5.41) is 12.3. The van der Waals surface area contributed by atoms with Crippen LogP contribution in [0.4, 0.5) is 0 Å². The molecule has 2 aromatic rings. The Balaban J connectivity index is 2.20. The smallest absolute Gasteiger partial charge is 0.309 e. The molecular formula is C17H20O3. The first-order valence-corrected chi connectivity index (χ1v) is 6.74. The summed E-state index contributed by atoms with van der Waals surface area (Å²) in [5.41, 5.74) is 0.226. The number of ether oxygens (including phenoxy) is 1. The van der Waals surface area contributed by atoms with Gasteiger partial charge in [-0.3, -0.25) is 4.79 Å². The van der Waals surface area contributed by atoms with Gasteiger partial charge in [0.2, 0.25) is 0 Å². The highest BCUT2D eigenvalue weighted by Gasteiger charge is 2.21. The average Bonchev–Trinajstić information content (AvgIpc) is 2.35. The lowest BCUT2D eigenvalue weighted by Gasteiger charge is -2.21. The van der Waals surface area contributed by atoms with Gasteiger partial charge >= 0.3 is 5.97 Å². The first-order chi connectivity index (χ1) is 9.37. The lowest BCUT2D eigenvalue weighted by Crippen LogP contribution is -2.24. The number of aliphatic hydroxyl groups excluding tert-OH is 1. The molecule has 1 atom stereocenters. The average molecular weight is 272 g/mol. The Labute approximate surface area is 119 Å². The van der Waals surface area contributed by atoms with Gasteiger partial charge in [0.25, 0.3) is 0 Å². The van der Waals surface area contributed by atoms with E-state index in [1.807, 2.05) is 63.2 Å². The van der Waals surface area contributed by atoms with Crippen LogP contribution in [0.1, 0.15) is 38.9 Å². The highest BCUT2D eigenvalue weighted by molar-refractivity contribution is 5.86. The number of carbonyl (C=O) groups is 1. The van der Waals surface area contributed by atoms with Crippen molar-refractivity contribution in [2.45, 2.75) is 38.9 Å². The Kier molecular flexibility index (Phi) is 4.09. The van der Waals surface area contributed by atoms with Crippen molar-refractivity contribution >= 4 is 16.7 Å². The van der Waals surface area contributed by atoms with E-state index in [0.717, 1.165) is 16.3 Å². The number of fused-ring (bicyclic) bond motifs is 1. The molecule has 0 radical (unpaired) electrons. The minimum absolute atomic E-state index is 0.0364. The molecule has 0 spiro atoms. The second kappa shape index (κ2) is 5.63. The molecule has 0 aliphatic carbocycles. The zero-order valence-corrected chi connectivity index (χ0v) is 12.1. The van der Waals surface area contributed by atoms with Gasteiger partial charge in [-0.05, 0) is 37.1 Å². The van der Waals surface area contributed by atoms with E-state index in [1.165, 1.54) is 0 Å². The molecule has 106 valence electrons. The third kappa shape index (κ3) is 3.58. The summed E-state index contributed by atoms with van der Waals surface area (Å²) in [6.45, 7) is 5.44. The van der Waals surface area contributed by atoms with Crippen LogP contribution >= 0.6 is 0 Å². The topological polar surface area (TPSA) is 46.5 Å². The van der Waals surface area contributed by atoms with Crippen LogP contribution in [0.15, 0.2) is 42.5 Å². The molecule has 0 bridgehead atoms. The maximum absolute atomic E-state index is 11.8. The predicted octanol–water partition coefficient (Wildman–Crippen LogP) is 3.61. The number of benzene rings is 2. The molecule has 0 aliphatic heterocycles. The summed E-state index contributed by atoms with van der Waals surface area (Å²) >= 11 is 0. The molecule has 0 aromatic heterocycles. The Morgan fingerprint density at radius 1 is 1.15 bits per heavy atom. The van der Waals surface area contributed by atoms with Crippen LogP contribution in [0, 0.1) is 0 Å². The summed E-state index contributed by atoms with van der Waals surface area (Å²) in [7, 11) is 0. The molecule has 0 fully saturated rings. The van der Waals surface area contributed by atoms with Gasteiger partial charge in [-0.2, -0.15) is 0 Å². The monoisotopic (exact) mass is 272 g/mol. The van der Waals surface area contributed by atoms with Crippen molar-refractivity contribution < 1.29 is 14.6 Å². The third-order valence-corrected chi connectivity index (χ3v) is 2.96. The highest BCUT2D eigenvalue weighted by Crippen LogP contribution is 2.26. The number of esters is 1. The van der Waals surface area contributed by atoms with Crippen LogP contribution in [0.5, 0.6) is 0 Å². The van der Waals surface area contributed by atoms with Gasteiger partial charge < -0.3 is 9.84 Å². The Bertz CT molecular complexity index is 606. The van der Waals surface area contributed by atoms with E-state index in [1.54, 1.807) is 0 Å². The van der Waals surface area contributed by atoms with E-state index < -0.39 is 17.7 Å². The van der Waals surface area contributed by atoms with Crippen LogP contribution in [0.25, 0.3) is 10.8 Å². The van der Waals surface area contributed by atoms with E-state index >= 15 is 0 Å². The fourth-order valence-corrected chi connectivity index (χ4v) is 2.19. The second-order valence-corrected chi connectivity index (χ2v) is 5.87. The molecule has 2 rings (SSSR count). The van der Waals surface area contributed by atoms with Crippen molar-refractivity contribution in [1.82, 2.24) is 0 Å². The number of carbonyl (C=O) groups excluding carboxylic acids is 1. The SMILES string of the molecule is CC(C)(C)OC(=O)C[C@@H](O)c1cccc2ccccc12. The Hall–Kier alpha value is -1.87. The van der Waals surface area contributed by atoms with E-state index in [-0.39, 0.29) is 6.42 Å². The molecule has 0 amide bonds. The molecule has 3 heteroatoms. The lowest BCUT2D eigenvalue weighted by molar-refractivity contribution is -0.157. The second-order valence-electron chi connectivity index (χ2n) is 5.87. The molecule has 0 aliphatic rings. The zero-order valence-electron chi connectivity index (χ0n) is 12.1. The Morgan fingerprint density at radius 2 is 1.80 bits per heavy atom. The van der Waals surface area contributed by atoms with E-state index in [0.29, 0.717) is 0 Å². The molecule has 0 heterocycles. The molecule has 1 N–H and O–H groups in total. The number of hydrogen-bond donors (Lipinski definition) is 1. The highest BCUT2D eigenvalue weighted by atomic mass is 16.6. The van der Waals surface area contributed by atoms with Crippen LogP contribution < -0.4 is 0 Å². The third-order valence-electron chi connectivity index (χ3n) is 2.96. The first kappa shape index (κ1) is 14.5. The standard InChI is InChI=1S/C17H20O3/c1-17(2,3)20-16(19)11-15(18)14-10-6-8-12-7-4-5-9-13(12)14/h4-10,15,18H,11H2,1-3H3/t15-/m1/s1. The summed E-state index contributed by atoms with van der Waals surface area (Å²) in [5.74, 6) is -0.391. The van der Waals surface area contributed by atoms with Crippen molar-refractivity contribution in [2.75, 3.05) is 0 Å². The molecule has 0 saturated heterocycles. The van der Waals surface area contributed by atoms with Gasteiger partial charge in [-0.25, -0.2) is 0 Å². The first-order valence-electron chi connectivity index (χ1n) is 6.74.